The maximum atomic E-state index is 13.6. The molecule has 1 unspecified atom stereocenters. The first-order chi connectivity index (χ1) is 16.4. The number of nitrogens with zero attached hydrogens (tertiary/aromatic N) is 1. The number of anilines is 1. The summed E-state index contributed by atoms with van der Waals surface area (Å²) in [6.45, 7) is 10.7. The quantitative estimate of drug-likeness (QED) is 0.473. The maximum Gasteiger partial charge on any atom is 0.408 e. The summed E-state index contributed by atoms with van der Waals surface area (Å²) in [6, 6.07) is 11.3. The molecule has 0 bridgehead atoms. The number of nitrogens with one attached hydrogen (secondary N) is 2. The molecule has 2 aromatic rings. The summed E-state index contributed by atoms with van der Waals surface area (Å²) in [6.07, 6.45) is 0.703. The number of carbonyl (C=O) groups excluding carboxylic acids is 3. The van der Waals surface area contributed by atoms with Crippen LogP contribution in [0.25, 0.3) is 0 Å². The van der Waals surface area contributed by atoms with Crippen molar-refractivity contribution in [3.63, 3.8) is 0 Å². The van der Waals surface area contributed by atoms with Gasteiger partial charge < -0.3 is 25.4 Å². The molecule has 0 aliphatic heterocycles. The van der Waals surface area contributed by atoms with Crippen molar-refractivity contribution in [2.45, 2.75) is 66.0 Å². The van der Waals surface area contributed by atoms with Crippen molar-refractivity contribution in [3.05, 3.63) is 59.2 Å². The van der Waals surface area contributed by atoms with Gasteiger partial charge in [0.2, 0.25) is 5.91 Å². The smallest absolute Gasteiger partial charge is 0.408 e. The minimum absolute atomic E-state index is 0.0492. The summed E-state index contributed by atoms with van der Waals surface area (Å²) >= 11 is 0. The van der Waals surface area contributed by atoms with E-state index in [0.717, 1.165) is 12.0 Å². The van der Waals surface area contributed by atoms with E-state index in [1.54, 1.807) is 52.0 Å². The highest BCUT2D eigenvalue weighted by molar-refractivity contribution is 5.99. The van der Waals surface area contributed by atoms with E-state index in [4.69, 9.17) is 4.74 Å². The third-order valence-electron chi connectivity index (χ3n) is 5.38. The second-order valence-corrected chi connectivity index (χ2v) is 9.52. The Labute approximate surface area is 207 Å². The summed E-state index contributed by atoms with van der Waals surface area (Å²) in [5, 5.41) is 16.2. The minimum Gasteiger partial charge on any atom is -0.507 e. The second kappa shape index (κ2) is 12.2. The first-order valence-electron chi connectivity index (χ1n) is 11.9. The molecule has 0 fully saturated rings. The lowest BCUT2D eigenvalue weighted by Crippen LogP contribution is -2.47. The van der Waals surface area contributed by atoms with Crippen molar-refractivity contribution >= 4 is 23.6 Å². The van der Waals surface area contributed by atoms with Crippen LogP contribution in [0.2, 0.25) is 0 Å². The van der Waals surface area contributed by atoms with Crippen LogP contribution in [0.4, 0.5) is 10.5 Å². The fourth-order valence-electron chi connectivity index (χ4n) is 3.56. The zero-order chi connectivity index (χ0) is 26.2. The standard InChI is InChI=1S/C27H37N3O5/c1-7-8-16-30(22(31)17-28-26(34)35-27(4,5)6)23(20-14-11-13-19(3)24(20)32)25(33)29-21-15-10-9-12-18(21)2/h9-15,23,32H,7-8,16-17H2,1-6H3,(H,28,34)(H,29,33). The monoisotopic (exact) mass is 483 g/mol. The second-order valence-electron chi connectivity index (χ2n) is 9.52. The Morgan fingerprint density at radius 1 is 1.03 bits per heavy atom. The topological polar surface area (TPSA) is 108 Å². The van der Waals surface area contributed by atoms with Crippen LogP contribution in [0.1, 0.15) is 63.3 Å². The molecule has 0 aliphatic carbocycles. The molecule has 0 radical (unpaired) electrons. The number of aryl methyl sites for hydroxylation is 2. The largest absolute Gasteiger partial charge is 0.507 e. The number of phenols is 1. The molecule has 1 atom stereocenters. The van der Waals surface area contributed by atoms with Crippen LogP contribution >= 0.6 is 0 Å². The first kappa shape index (κ1) is 27.7. The number of hydrogen-bond acceptors (Lipinski definition) is 5. The summed E-state index contributed by atoms with van der Waals surface area (Å²) in [7, 11) is 0. The van der Waals surface area contributed by atoms with Crippen LogP contribution in [0, 0.1) is 13.8 Å². The molecule has 2 aromatic carbocycles. The van der Waals surface area contributed by atoms with Gasteiger partial charge >= 0.3 is 6.09 Å². The molecule has 3 N–H and O–H groups in total. The van der Waals surface area contributed by atoms with Crippen LogP contribution in [-0.2, 0) is 14.3 Å². The minimum atomic E-state index is -1.10. The maximum absolute atomic E-state index is 13.6. The molecule has 0 heterocycles. The van der Waals surface area contributed by atoms with Gasteiger partial charge in [-0.25, -0.2) is 4.79 Å². The van der Waals surface area contributed by atoms with Gasteiger partial charge in [0.1, 0.15) is 23.9 Å². The lowest BCUT2D eigenvalue weighted by molar-refractivity contribution is -0.138. The van der Waals surface area contributed by atoms with E-state index < -0.39 is 29.6 Å². The Bertz CT molecular complexity index is 1050. The number of ether oxygens (including phenoxy) is 1. The third kappa shape index (κ3) is 8.02. The van der Waals surface area contributed by atoms with Crippen LogP contribution in [-0.4, -0.2) is 46.6 Å². The average molecular weight is 484 g/mol. The van der Waals surface area contributed by atoms with Gasteiger partial charge in [-0.1, -0.05) is 49.7 Å². The molecular weight excluding hydrogens is 446 g/mol. The predicted octanol–water partition coefficient (Wildman–Crippen LogP) is 4.84. The highest BCUT2D eigenvalue weighted by atomic mass is 16.6. The van der Waals surface area contributed by atoms with Crippen LogP contribution in [0.3, 0.4) is 0 Å². The zero-order valence-electron chi connectivity index (χ0n) is 21.5. The number of aromatic hydroxyl groups is 1. The molecule has 8 nitrogen and oxygen atoms in total. The summed E-state index contributed by atoms with van der Waals surface area (Å²) in [5.74, 6) is -0.969. The Balaban J connectivity index is 2.42. The number of phenolic OH excluding ortho intramolecular Hbond substituents is 1. The predicted molar refractivity (Wildman–Crippen MR) is 136 cm³/mol. The highest BCUT2D eigenvalue weighted by Crippen LogP contribution is 2.33. The molecule has 0 spiro atoms. The molecule has 0 aliphatic rings. The van der Waals surface area contributed by atoms with E-state index in [2.05, 4.69) is 10.6 Å². The van der Waals surface area contributed by atoms with Gasteiger partial charge in [0.25, 0.3) is 5.91 Å². The van der Waals surface area contributed by atoms with Crippen molar-refractivity contribution in [2.75, 3.05) is 18.4 Å². The summed E-state index contributed by atoms with van der Waals surface area (Å²) in [5.41, 5.74) is 1.68. The summed E-state index contributed by atoms with van der Waals surface area (Å²) in [4.78, 5) is 40.5. The highest BCUT2D eigenvalue weighted by Gasteiger charge is 2.34. The summed E-state index contributed by atoms with van der Waals surface area (Å²) < 4.78 is 5.23. The van der Waals surface area contributed by atoms with E-state index in [1.807, 2.05) is 32.0 Å². The molecular formula is C27H37N3O5. The molecule has 0 saturated heterocycles. The number of alkyl carbamates (subject to hydrolysis) is 1. The SMILES string of the molecule is CCCCN(C(=O)CNC(=O)OC(C)(C)C)C(C(=O)Nc1ccccc1C)c1cccc(C)c1O. The number of rotatable bonds is 9. The van der Waals surface area contributed by atoms with E-state index in [-0.39, 0.29) is 18.8 Å². The van der Waals surface area contributed by atoms with Gasteiger partial charge in [-0.15, -0.1) is 0 Å². The van der Waals surface area contributed by atoms with Gasteiger partial charge in [-0.2, -0.15) is 0 Å². The van der Waals surface area contributed by atoms with Crippen LogP contribution < -0.4 is 10.6 Å². The Kier molecular flexibility index (Phi) is 9.68. The average Bonchev–Trinajstić information content (AvgIpc) is 2.77. The van der Waals surface area contributed by atoms with Crippen molar-refractivity contribution in [1.82, 2.24) is 10.2 Å². The molecule has 2 rings (SSSR count). The molecule has 8 heteroatoms. The molecule has 3 amide bonds. The zero-order valence-corrected chi connectivity index (χ0v) is 21.5. The number of carbonyl (C=O) groups is 3. The van der Waals surface area contributed by atoms with Crippen molar-refractivity contribution < 1.29 is 24.2 Å². The van der Waals surface area contributed by atoms with Crippen molar-refractivity contribution in [2.24, 2.45) is 0 Å². The van der Waals surface area contributed by atoms with E-state index in [9.17, 15) is 19.5 Å². The van der Waals surface area contributed by atoms with Gasteiger partial charge in [-0.05, 0) is 58.2 Å². The molecule has 35 heavy (non-hydrogen) atoms. The lowest BCUT2D eigenvalue weighted by atomic mass is 9.99. The van der Waals surface area contributed by atoms with Gasteiger partial charge in [0.15, 0.2) is 0 Å². The normalized spacial score (nSPS) is 11.9. The number of benzene rings is 2. The fourth-order valence-corrected chi connectivity index (χ4v) is 3.56. The van der Waals surface area contributed by atoms with E-state index in [0.29, 0.717) is 23.2 Å². The fraction of sp³-hybridized carbons (Fsp3) is 0.444. The first-order valence-corrected chi connectivity index (χ1v) is 11.9. The Hall–Kier alpha value is -3.55. The molecule has 0 aromatic heterocycles. The van der Waals surface area contributed by atoms with E-state index >= 15 is 0 Å². The van der Waals surface area contributed by atoms with Crippen molar-refractivity contribution in [3.8, 4) is 5.75 Å². The number of hydrogen-bond donors (Lipinski definition) is 3. The Morgan fingerprint density at radius 2 is 1.69 bits per heavy atom. The van der Waals surface area contributed by atoms with Gasteiger partial charge in [0.05, 0.1) is 0 Å². The van der Waals surface area contributed by atoms with E-state index in [1.165, 1.54) is 4.90 Å². The number of para-hydroxylation sites is 2. The van der Waals surface area contributed by atoms with Crippen molar-refractivity contribution in [1.29, 1.82) is 0 Å². The number of unbranched alkanes of at least 4 members (excludes halogenated alkanes) is 1. The van der Waals surface area contributed by atoms with Crippen LogP contribution in [0.15, 0.2) is 42.5 Å². The Morgan fingerprint density at radius 3 is 2.31 bits per heavy atom. The van der Waals surface area contributed by atoms with Crippen LogP contribution in [0.5, 0.6) is 5.75 Å². The van der Waals surface area contributed by atoms with Gasteiger partial charge in [-0.3, -0.25) is 9.59 Å². The number of amides is 3. The van der Waals surface area contributed by atoms with Gasteiger partial charge in [0, 0.05) is 17.8 Å². The lowest BCUT2D eigenvalue weighted by Gasteiger charge is -2.32. The molecule has 190 valence electrons. The molecule has 0 saturated carbocycles. The third-order valence-corrected chi connectivity index (χ3v) is 5.38.